The fraction of sp³-hybridized carbons (Fsp3) is 0.0750. The number of aryl methyl sites for hydroxylation is 1. The number of nitrogens with zero attached hydrogens (tertiary/aromatic N) is 2. The van der Waals surface area contributed by atoms with E-state index in [0.717, 1.165) is 22.4 Å². The standard InChI is InChI=1S/C20H17BSe.C20H15N2.Pt/c1-22(2)19-14-8-6-12-17(19)21(16-10-4-3-5-11-16)18-13-7-9-15-20(18)22;1-16-11-13-18(14-12-16)22-15-21(17-7-3-2-4-8-17)19-9-5-6-10-20(19)22;/h3-10,12,14-15H,1-2H3;2-7,9-14H,1H3;/q-2;-1;+4. The smallest absolute Gasteiger partial charge is 0.315 e. The second kappa shape index (κ2) is 13.2. The molecular weight excluding hydrogens is 793 g/mol. The van der Waals surface area contributed by atoms with Crippen molar-refractivity contribution in [3.05, 3.63) is 170 Å². The Morgan fingerprint density at radius 2 is 1.31 bits per heavy atom. The number of aromatic nitrogens is 2. The van der Waals surface area contributed by atoms with Gasteiger partial charge >= 0.3 is 156 Å². The Balaban J connectivity index is 0.000000155. The van der Waals surface area contributed by atoms with Gasteiger partial charge in [0.1, 0.15) is 0 Å². The first-order chi connectivity index (χ1) is 21.5. The van der Waals surface area contributed by atoms with Gasteiger partial charge in [-0.3, -0.25) is 4.57 Å². The summed E-state index contributed by atoms with van der Waals surface area (Å²) < 4.78 is 7.23. The topological polar surface area (TPSA) is 8.81 Å². The Morgan fingerprint density at radius 1 is 0.644 bits per heavy atom. The molecule has 0 aliphatic carbocycles. The van der Waals surface area contributed by atoms with Crippen molar-refractivity contribution in [2.75, 3.05) is 0 Å². The zero-order valence-corrected chi connectivity index (χ0v) is 29.5. The van der Waals surface area contributed by atoms with E-state index in [4.69, 9.17) is 0 Å². The van der Waals surface area contributed by atoms with E-state index < -0.39 is 12.8 Å². The first-order valence-electron chi connectivity index (χ1n) is 14.8. The Kier molecular flexibility index (Phi) is 9.11. The first-order valence-corrected chi connectivity index (χ1v) is 19.9. The Labute approximate surface area is 284 Å². The monoisotopic (exact) mass is 826 g/mol. The van der Waals surface area contributed by atoms with Crippen LogP contribution in [0.5, 0.6) is 0 Å². The number of hydrogen-bond donors (Lipinski definition) is 0. The SMILES string of the molecule is C[Se]1(C)c2ccc[c-]c2B(c2[c-]cccc2)c2ccccc21.Cc1ccc(-[n+]2[c-]n(-c3[c-]cccc3)c3ccccc32)cc1.[Pt+4]. The maximum atomic E-state index is 3.55. The summed E-state index contributed by atoms with van der Waals surface area (Å²) in [5.41, 5.74) is 9.64. The molecule has 1 aliphatic rings. The molecule has 45 heavy (non-hydrogen) atoms. The average molecular weight is 826 g/mol. The summed E-state index contributed by atoms with van der Waals surface area (Å²) in [5.74, 6) is 4.93. The molecule has 7 aromatic rings. The minimum absolute atomic E-state index is 0. The van der Waals surface area contributed by atoms with Crippen molar-refractivity contribution < 1.29 is 25.6 Å². The molecule has 0 spiro atoms. The molecule has 1 aliphatic heterocycles. The number of rotatable bonds is 3. The van der Waals surface area contributed by atoms with E-state index in [1.165, 1.54) is 26.4 Å². The summed E-state index contributed by atoms with van der Waals surface area (Å²) in [5, 5.41) is 0. The number of fused-ring (bicyclic) bond motifs is 3. The van der Waals surface area contributed by atoms with E-state index in [-0.39, 0.29) is 27.8 Å². The molecule has 8 rings (SSSR count). The molecule has 0 radical (unpaired) electrons. The van der Waals surface area contributed by atoms with E-state index in [9.17, 15) is 0 Å². The van der Waals surface area contributed by atoms with Crippen LogP contribution in [-0.2, 0) is 21.1 Å². The van der Waals surface area contributed by atoms with Gasteiger partial charge in [-0.1, -0.05) is 42.0 Å². The van der Waals surface area contributed by atoms with Gasteiger partial charge in [-0.25, -0.2) is 0 Å². The number of benzene rings is 6. The predicted molar refractivity (Wildman–Crippen MR) is 186 cm³/mol. The molecule has 0 saturated heterocycles. The van der Waals surface area contributed by atoms with Gasteiger partial charge in [0.2, 0.25) is 0 Å². The second-order valence-corrected chi connectivity index (χ2v) is 18.8. The van der Waals surface area contributed by atoms with Gasteiger partial charge in [-0.05, 0) is 24.7 Å². The average Bonchev–Trinajstić information content (AvgIpc) is 3.46. The van der Waals surface area contributed by atoms with Crippen molar-refractivity contribution >= 4 is 55.9 Å². The summed E-state index contributed by atoms with van der Waals surface area (Å²) in [6.07, 6.45) is 3.44. The maximum absolute atomic E-state index is 3.55. The summed E-state index contributed by atoms with van der Waals surface area (Å²) in [6, 6.07) is 58.9. The van der Waals surface area contributed by atoms with Crippen LogP contribution in [0.1, 0.15) is 5.56 Å². The predicted octanol–water partition coefficient (Wildman–Crippen LogP) is 4.75. The van der Waals surface area contributed by atoms with Crippen molar-refractivity contribution in [3.8, 4) is 11.4 Å². The largest absolute Gasteiger partial charge is 4.00 e. The van der Waals surface area contributed by atoms with Crippen LogP contribution in [-0.4, -0.2) is 24.1 Å². The number of para-hydroxylation sites is 3. The Hall–Kier alpha value is -3.94. The van der Waals surface area contributed by atoms with E-state index in [2.05, 4.69) is 155 Å². The molecule has 0 fully saturated rings. The zero-order chi connectivity index (χ0) is 30.1. The van der Waals surface area contributed by atoms with Crippen LogP contribution < -0.4 is 29.9 Å². The molecule has 0 saturated carbocycles. The third-order valence-electron chi connectivity index (χ3n) is 8.30. The molecule has 5 heteroatoms. The molecule has 0 unspecified atom stereocenters. The van der Waals surface area contributed by atoms with Crippen LogP contribution >= 0.6 is 0 Å². The molecule has 220 valence electrons. The van der Waals surface area contributed by atoms with Gasteiger partial charge in [-0.2, -0.15) is 30.3 Å². The molecular formula is C40H32BN2PtSe+. The second-order valence-electron chi connectivity index (χ2n) is 11.4. The van der Waals surface area contributed by atoms with Crippen LogP contribution in [0, 0.1) is 31.5 Å². The summed E-state index contributed by atoms with van der Waals surface area (Å²) in [4.78, 5) is 0. The van der Waals surface area contributed by atoms with Crippen LogP contribution in [0.25, 0.3) is 22.4 Å². The fourth-order valence-electron chi connectivity index (χ4n) is 6.12. The first kappa shape index (κ1) is 31.1. The Bertz CT molecular complexity index is 2010. The van der Waals surface area contributed by atoms with Crippen LogP contribution in [0.4, 0.5) is 0 Å². The molecule has 0 bridgehead atoms. The normalized spacial score (nSPS) is 13.4. The van der Waals surface area contributed by atoms with Crippen LogP contribution in [0.3, 0.4) is 0 Å². The molecule has 0 atom stereocenters. The van der Waals surface area contributed by atoms with Gasteiger partial charge in [0.05, 0.1) is 16.7 Å². The molecule has 1 aromatic heterocycles. The minimum atomic E-state index is -1.86. The summed E-state index contributed by atoms with van der Waals surface area (Å²) in [6.45, 7) is 2.36. The van der Waals surface area contributed by atoms with Gasteiger partial charge in [-0.15, -0.1) is 0 Å². The fourth-order valence-corrected chi connectivity index (χ4v) is 11.5. The van der Waals surface area contributed by atoms with Crippen LogP contribution in [0.2, 0.25) is 11.6 Å². The zero-order valence-electron chi connectivity index (χ0n) is 25.5. The number of imidazole rings is 1. The molecule has 0 amide bonds. The molecule has 6 aromatic carbocycles. The van der Waals surface area contributed by atoms with E-state index in [1.54, 1.807) is 4.46 Å². The summed E-state index contributed by atoms with van der Waals surface area (Å²) >= 11 is -1.86. The molecule has 0 N–H and O–H groups in total. The van der Waals surface area contributed by atoms with E-state index in [1.807, 2.05) is 36.4 Å². The maximum Gasteiger partial charge on any atom is 4.00 e. The molecule has 2 nitrogen and oxygen atoms in total. The van der Waals surface area contributed by atoms with Gasteiger partial charge < -0.3 is 4.57 Å². The van der Waals surface area contributed by atoms with E-state index >= 15 is 0 Å². The molecule has 2 heterocycles. The minimum Gasteiger partial charge on any atom is -0.315 e. The van der Waals surface area contributed by atoms with Gasteiger partial charge in [0, 0.05) is 0 Å². The third-order valence-corrected chi connectivity index (χ3v) is 14.4. The van der Waals surface area contributed by atoms with Crippen LogP contribution in [0.15, 0.2) is 140 Å². The summed E-state index contributed by atoms with van der Waals surface area (Å²) in [7, 11) is 0. The third kappa shape index (κ3) is 5.91. The quantitative estimate of drug-likeness (QED) is 0.138. The van der Waals surface area contributed by atoms with Crippen molar-refractivity contribution in [3.63, 3.8) is 0 Å². The van der Waals surface area contributed by atoms with Crippen molar-refractivity contribution in [2.45, 2.75) is 18.6 Å². The van der Waals surface area contributed by atoms with Gasteiger partial charge in [0.25, 0.3) is 6.33 Å². The van der Waals surface area contributed by atoms with Gasteiger partial charge in [0.15, 0.2) is 0 Å². The number of hydrogen-bond acceptors (Lipinski definition) is 0. The van der Waals surface area contributed by atoms with E-state index in [0.29, 0.717) is 0 Å². The van der Waals surface area contributed by atoms with Crippen molar-refractivity contribution in [2.24, 2.45) is 0 Å². The van der Waals surface area contributed by atoms with Crippen molar-refractivity contribution in [1.82, 2.24) is 4.57 Å². The van der Waals surface area contributed by atoms with Crippen molar-refractivity contribution in [1.29, 1.82) is 0 Å². The Morgan fingerprint density at radius 3 is 2.07 bits per heavy atom.